The highest BCUT2D eigenvalue weighted by atomic mass is 16.2. The smallest absolute Gasteiger partial charge is 0.263 e. The van der Waals surface area contributed by atoms with Gasteiger partial charge < -0.3 is 4.90 Å². The largest absolute Gasteiger partial charge is 0.317 e. The number of carbonyl (C=O) groups is 1. The van der Waals surface area contributed by atoms with Crippen LogP contribution in [-0.2, 0) is 0 Å². The van der Waals surface area contributed by atoms with E-state index in [-0.39, 0.29) is 5.91 Å². The van der Waals surface area contributed by atoms with Gasteiger partial charge in [-0.1, -0.05) is 24.3 Å². The minimum absolute atomic E-state index is 0.172. The van der Waals surface area contributed by atoms with E-state index in [1.807, 2.05) is 23.1 Å². The van der Waals surface area contributed by atoms with Gasteiger partial charge in [0, 0.05) is 18.2 Å². The van der Waals surface area contributed by atoms with Gasteiger partial charge >= 0.3 is 0 Å². The average molecular weight is 253 g/mol. The van der Waals surface area contributed by atoms with Crippen LogP contribution in [0.3, 0.4) is 0 Å². The van der Waals surface area contributed by atoms with E-state index in [9.17, 15) is 4.79 Å². The molecule has 4 rings (SSSR count). The van der Waals surface area contributed by atoms with Crippen molar-refractivity contribution < 1.29 is 9.69 Å². The first kappa shape index (κ1) is 11.0. The molecular formula is C16H17N2O+. The van der Waals surface area contributed by atoms with Crippen LogP contribution in [0.4, 0.5) is 5.69 Å². The molecule has 0 aromatic heterocycles. The number of rotatable bonds is 2. The molecule has 2 aromatic carbocycles. The molecule has 2 aliphatic heterocycles. The van der Waals surface area contributed by atoms with Crippen LogP contribution in [0.25, 0.3) is 10.8 Å². The van der Waals surface area contributed by atoms with E-state index in [0.29, 0.717) is 0 Å². The molecule has 96 valence electrons. The van der Waals surface area contributed by atoms with Crippen LogP contribution < -0.4 is 9.80 Å². The normalized spacial score (nSPS) is 18.7. The molecule has 0 aliphatic carbocycles. The lowest BCUT2D eigenvalue weighted by Gasteiger charge is -2.21. The zero-order chi connectivity index (χ0) is 12.8. The van der Waals surface area contributed by atoms with Crippen molar-refractivity contribution in [1.29, 1.82) is 0 Å². The maximum Gasteiger partial charge on any atom is 0.263 e. The Morgan fingerprint density at radius 3 is 2.58 bits per heavy atom. The summed E-state index contributed by atoms with van der Waals surface area (Å²) in [5, 5.41) is 2.30. The van der Waals surface area contributed by atoms with Crippen LogP contribution in [0.5, 0.6) is 0 Å². The Labute approximate surface area is 112 Å². The van der Waals surface area contributed by atoms with Gasteiger partial charge in [-0.2, -0.15) is 0 Å². The van der Waals surface area contributed by atoms with Crippen LogP contribution >= 0.6 is 0 Å². The first-order chi connectivity index (χ1) is 9.34. The number of amides is 1. The molecule has 0 atom stereocenters. The molecule has 0 radical (unpaired) electrons. The molecule has 2 heterocycles. The van der Waals surface area contributed by atoms with Crippen molar-refractivity contribution in [2.45, 2.75) is 12.8 Å². The SMILES string of the molecule is O=C1c2cccc3cccc(c23)N1C[NH+]1CCCC1. The highest BCUT2D eigenvalue weighted by molar-refractivity contribution is 6.24. The van der Waals surface area contributed by atoms with Crippen molar-refractivity contribution in [1.82, 2.24) is 0 Å². The molecule has 1 fully saturated rings. The van der Waals surface area contributed by atoms with Crippen molar-refractivity contribution in [2.75, 3.05) is 24.7 Å². The topological polar surface area (TPSA) is 24.8 Å². The molecule has 1 amide bonds. The second-order valence-corrected chi connectivity index (χ2v) is 5.53. The Balaban J connectivity index is 1.79. The molecule has 0 saturated carbocycles. The minimum Gasteiger partial charge on any atom is -0.317 e. The van der Waals surface area contributed by atoms with Crippen LogP contribution in [0, 0.1) is 0 Å². The predicted molar refractivity (Wildman–Crippen MR) is 75.6 cm³/mol. The number of carbonyl (C=O) groups excluding carboxylic acids is 1. The summed E-state index contributed by atoms with van der Waals surface area (Å²) in [6, 6.07) is 12.2. The van der Waals surface area contributed by atoms with Gasteiger partial charge in [0.05, 0.1) is 24.3 Å². The Bertz CT molecular complexity index is 654. The van der Waals surface area contributed by atoms with Crippen molar-refractivity contribution >= 4 is 22.4 Å². The summed E-state index contributed by atoms with van der Waals surface area (Å²) in [6.07, 6.45) is 2.57. The Kier molecular flexibility index (Phi) is 2.35. The number of nitrogens with zero attached hydrogens (tertiary/aromatic N) is 1. The fourth-order valence-electron chi connectivity index (χ4n) is 3.39. The maximum atomic E-state index is 12.6. The van der Waals surface area contributed by atoms with Crippen molar-refractivity contribution in [3.8, 4) is 0 Å². The molecule has 0 bridgehead atoms. The number of benzene rings is 2. The summed E-state index contributed by atoms with van der Waals surface area (Å²) in [6.45, 7) is 3.19. The monoisotopic (exact) mass is 253 g/mol. The van der Waals surface area contributed by atoms with Crippen molar-refractivity contribution in [2.24, 2.45) is 0 Å². The first-order valence-electron chi connectivity index (χ1n) is 7.02. The highest BCUT2D eigenvalue weighted by Gasteiger charge is 2.32. The van der Waals surface area contributed by atoms with Crippen LogP contribution in [-0.4, -0.2) is 25.7 Å². The van der Waals surface area contributed by atoms with E-state index < -0.39 is 0 Å². The number of hydrogen-bond donors (Lipinski definition) is 1. The highest BCUT2D eigenvalue weighted by Crippen LogP contribution is 2.36. The molecule has 2 aromatic rings. The number of anilines is 1. The van der Waals surface area contributed by atoms with Crippen LogP contribution in [0.1, 0.15) is 23.2 Å². The molecule has 19 heavy (non-hydrogen) atoms. The van der Waals surface area contributed by atoms with Gasteiger partial charge in [-0.3, -0.25) is 9.69 Å². The van der Waals surface area contributed by atoms with Gasteiger partial charge in [-0.15, -0.1) is 0 Å². The fourth-order valence-corrected chi connectivity index (χ4v) is 3.39. The molecule has 0 spiro atoms. The molecular weight excluding hydrogens is 236 g/mol. The third kappa shape index (κ3) is 1.58. The van der Waals surface area contributed by atoms with Gasteiger partial charge in [-0.05, 0) is 17.5 Å². The quantitative estimate of drug-likeness (QED) is 0.860. The molecule has 0 unspecified atom stereocenters. The number of quaternary nitrogens is 1. The number of likely N-dealkylation sites (tertiary alicyclic amines) is 1. The van der Waals surface area contributed by atoms with Crippen LogP contribution in [0.15, 0.2) is 36.4 Å². The lowest BCUT2D eigenvalue weighted by Crippen LogP contribution is -3.11. The summed E-state index contributed by atoms with van der Waals surface area (Å²) >= 11 is 0. The standard InChI is InChI=1S/C16H16N2O/c19-16-13-7-3-5-12-6-4-8-14(15(12)13)18(16)11-17-9-1-2-10-17/h3-8H,1-2,9-11H2/p+1. The first-order valence-corrected chi connectivity index (χ1v) is 7.02. The van der Waals surface area contributed by atoms with Gasteiger partial charge in [0.15, 0.2) is 6.67 Å². The van der Waals surface area contributed by atoms with E-state index in [4.69, 9.17) is 0 Å². The number of hydrogen-bond acceptors (Lipinski definition) is 1. The van der Waals surface area contributed by atoms with Gasteiger partial charge in [0.2, 0.25) is 0 Å². The van der Waals surface area contributed by atoms with E-state index in [2.05, 4.69) is 18.2 Å². The third-order valence-electron chi connectivity index (χ3n) is 4.34. The zero-order valence-electron chi connectivity index (χ0n) is 10.9. The minimum atomic E-state index is 0.172. The summed E-state index contributed by atoms with van der Waals surface area (Å²) in [5.74, 6) is 0.172. The fraction of sp³-hybridized carbons (Fsp3) is 0.312. The van der Waals surface area contributed by atoms with E-state index in [0.717, 1.165) is 23.3 Å². The second kappa shape index (κ2) is 4.07. The van der Waals surface area contributed by atoms with Gasteiger partial charge in [0.1, 0.15) is 0 Å². The summed E-state index contributed by atoms with van der Waals surface area (Å²) in [5.41, 5.74) is 1.96. The summed E-state index contributed by atoms with van der Waals surface area (Å²) in [4.78, 5) is 16.1. The van der Waals surface area contributed by atoms with Gasteiger partial charge in [-0.25, -0.2) is 0 Å². The lowest BCUT2D eigenvalue weighted by atomic mass is 10.1. The molecule has 3 heteroatoms. The van der Waals surface area contributed by atoms with Crippen LogP contribution in [0.2, 0.25) is 0 Å². The number of nitrogens with one attached hydrogen (secondary N) is 1. The summed E-state index contributed by atoms with van der Waals surface area (Å²) < 4.78 is 0. The lowest BCUT2D eigenvalue weighted by molar-refractivity contribution is -0.885. The summed E-state index contributed by atoms with van der Waals surface area (Å²) in [7, 11) is 0. The maximum absolute atomic E-state index is 12.6. The van der Waals surface area contributed by atoms with Crippen molar-refractivity contribution in [3.05, 3.63) is 42.0 Å². The average Bonchev–Trinajstić information content (AvgIpc) is 3.04. The van der Waals surface area contributed by atoms with Gasteiger partial charge in [0.25, 0.3) is 5.91 Å². The zero-order valence-corrected chi connectivity index (χ0v) is 10.9. The van der Waals surface area contributed by atoms with E-state index in [1.165, 1.54) is 36.2 Å². The Morgan fingerprint density at radius 1 is 1.05 bits per heavy atom. The van der Waals surface area contributed by atoms with E-state index >= 15 is 0 Å². The Hall–Kier alpha value is -1.87. The molecule has 3 nitrogen and oxygen atoms in total. The van der Waals surface area contributed by atoms with E-state index in [1.54, 1.807) is 0 Å². The molecule has 1 saturated heterocycles. The predicted octanol–water partition coefficient (Wildman–Crippen LogP) is 1.44. The Morgan fingerprint density at radius 2 is 1.79 bits per heavy atom. The molecule has 1 N–H and O–H groups in total. The second-order valence-electron chi connectivity index (χ2n) is 5.53. The van der Waals surface area contributed by atoms with Crippen molar-refractivity contribution in [3.63, 3.8) is 0 Å². The molecule has 2 aliphatic rings. The third-order valence-corrected chi connectivity index (χ3v) is 4.34.